The van der Waals surface area contributed by atoms with Gasteiger partial charge in [0, 0.05) is 13.2 Å². The summed E-state index contributed by atoms with van der Waals surface area (Å²) < 4.78 is 0. The number of nitrogens with zero attached hydrogens (tertiary/aromatic N) is 4. The summed E-state index contributed by atoms with van der Waals surface area (Å²) in [6, 6.07) is 6.95. The fraction of sp³-hybridized carbons (Fsp3) is 0.273. The number of hydrogen-bond donors (Lipinski definition) is 1. The normalized spacial score (nSPS) is 8.88. The molecule has 0 aliphatic rings. The van der Waals surface area contributed by atoms with Crippen LogP contribution >= 0.6 is 0 Å². The van der Waals surface area contributed by atoms with Gasteiger partial charge in [0.05, 0.1) is 17.7 Å². The zero-order chi connectivity index (χ0) is 12.7. The fourth-order valence-corrected chi connectivity index (χ4v) is 1.22. The molecule has 0 fully saturated rings. The van der Waals surface area contributed by atoms with Crippen LogP contribution in [0.25, 0.3) is 0 Å². The van der Waals surface area contributed by atoms with Gasteiger partial charge in [-0.15, -0.1) is 0 Å². The Bertz CT molecular complexity index is 452. The Labute approximate surface area is 99.1 Å². The van der Waals surface area contributed by atoms with Crippen LogP contribution in [0.4, 0.5) is 5.82 Å². The van der Waals surface area contributed by atoms with Crippen LogP contribution in [-0.4, -0.2) is 35.9 Å². The molecule has 0 aliphatic carbocycles. The van der Waals surface area contributed by atoms with Crippen molar-refractivity contribution in [3.05, 3.63) is 23.9 Å². The van der Waals surface area contributed by atoms with E-state index in [9.17, 15) is 4.79 Å². The van der Waals surface area contributed by atoms with Gasteiger partial charge in [-0.2, -0.15) is 10.5 Å². The lowest BCUT2D eigenvalue weighted by Gasteiger charge is -2.15. The van der Waals surface area contributed by atoms with Gasteiger partial charge < -0.3 is 10.2 Å². The molecule has 0 atom stereocenters. The highest BCUT2D eigenvalue weighted by Gasteiger charge is 2.15. The molecule has 0 saturated carbocycles. The van der Waals surface area contributed by atoms with Crippen LogP contribution in [0.2, 0.25) is 0 Å². The Morgan fingerprint density at radius 3 is 2.47 bits per heavy atom. The van der Waals surface area contributed by atoms with Crippen molar-refractivity contribution in [2.24, 2.45) is 0 Å². The van der Waals surface area contributed by atoms with E-state index in [-0.39, 0.29) is 19.0 Å². The maximum atomic E-state index is 11.9. The summed E-state index contributed by atoms with van der Waals surface area (Å²) in [7, 11) is 1.72. The molecular weight excluding hydrogens is 218 g/mol. The predicted molar refractivity (Wildman–Crippen MR) is 60.9 cm³/mol. The Morgan fingerprint density at radius 2 is 2.06 bits per heavy atom. The molecule has 1 aromatic heterocycles. The molecule has 0 saturated heterocycles. The third-order valence-corrected chi connectivity index (χ3v) is 2.08. The van der Waals surface area contributed by atoms with Gasteiger partial charge in [-0.1, -0.05) is 0 Å². The number of anilines is 1. The lowest BCUT2D eigenvalue weighted by Crippen LogP contribution is -2.31. The van der Waals surface area contributed by atoms with Gasteiger partial charge in [0.25, 0.3) is 5.91 Å². The van der Waals surface area contributed by atoms with Gasteiger partial charge in [0.15, 0.2) is 0 Å². The number of pyridine rings is 1. The molecule has 1 heterocycles. The topological polar surface area (TPSA) is 92.8 Å². The van der Waals surface area contributed by atoms with Gasteiger partial charge in [0.1, 0.15) is 18.9 Å². The van der Waals surface area contributed by atoms with Crippen molar-refractivity contribution in [1.82, 2.24) is 9.88 Å². The molecule has 6 nitrogen and oxygen atoms in total. The van der Waals surface area contributed by atoms with E-state index in [0.29, 0.717) is 11.4 Å². The van der Waals surface area contributed by atoms with Crippen LogP contribution in [0.5, 0.6) is 0 Å². The van der Waals surface area contributed by atoms with E-state index < -0.39 is 0 Å². The molecule has 0 spiro atoms. The molecule has 86 valence electrons. The summed E-state index contributed by atoms with van der Waals surface area (Å²) in [5.74, 6) is 0.275. The minimum absolute atomic E-state index is 0.111. The second-order valence-corrected chi connectivity index (χ2v) is 3.16. The first-order valence-electron chi connectivity index (χ1n) is 4.90. The number of amides is 1. The van der Waals surface area contributed by atoms with Crippen LogP contribution < -0.4 is 5.32 Å². The first-order valence-corrected chi connectivity index (χ1v) is 4.90. The third kappa shape index (κ3) is 3.18. The molecule has 1 aromatic rings. The van der Waals surface area contributed by atoms with Gasteiger partial charge in [-0.3, -0.25) is 4.79 Å². The van der Waals surface area contributed by atoms with Crippen LogP contribution in [0.3, 0.4) is 0 Å². The monoisotopic (exact) mass is 229 g/mol. The number of carbonyl (C=O) groups is 1. The number of aromatic nitrogens is 1. The molecule has 0 bridgehead atoms. The Morgan fingerprint density at radius 1 is 1.41 bits per heavy atom. The molecule has 0 radical (unpaired) electrons. The van der Waals surface area contributed by atoms with Gasteiger partial charge in [-0.25, -0.2) is 4.98 Å². The van der Waals surface area contributed by atoms with Crippen molar-refractivity contribution in [2.75, 3.05) is 25.5 Å². The predicted octanol–water partition coefficient (Wildman–Crippen LogP) is 0.613. The lowest BCUT2D eigenvalue weighted by atomic mass is 10.2. The van der Waals surface area contributed by atoms with E-state index in [1.807, 2.05) is 12.1 Å². The SMILES string of the molecule is CNc1ccc(C(=O)N(CC#N)CC#N)cn1. The largest absolute Gasteiger partial charge is 0.373 e. The summed E-state index contributed by atoms with van der Waals surface area (Å²) in [4.78, 5) is 17.0. The molecule has 1 amide bonds. The lowest BCUT2D eigenvalue weighted by molar-refractivity contribution is 0.0794. The highest BCUT2D eigenvalue weighted by Crippen LogP contribution is 2.07. The molecule has 17 heavy (non-hydrogen) atoms. The molecule has 1 rings (SSSR count). The Kier molecular flexibility index (Phi) is 4.46. The summed E-state index contributed by atoms with van der Waals surface area (Å²) >= 11 is 0. The fourth-order valence-electron chi connectivity index (χ4n) is 1.22. The number of rotatable bonds is 4. The quantitative estimate of drug-likeness (QED) is 0.763. The maximum Gasteiger partial charge on any atom is 0.257 e. The van der Waals surface area contributed by atoms with E-state index in [1.54, 1.807) is 19.2 Å². The third-order valence-electron chi connectivity index (χ3n) is 2.08. The first kappa shape index (κ1) is 12.5. The maximum absolute atomic E-state index is 11.9. The Balaban J connectivity index is 2.86. The molecule has 1 N–H and O–H groups in total. The van der Waals surface area contributed by atoms with Crippen molar-refractivity contribution < 1.29 is 4.79 Å². The van der Waals surface area contributed by atoms with Crippen LogP contribution in [0.15, 0.2) is 18.3 Å². The van der Waals surface area contributed by atoms with E-state index in [1.165, 1.54) is 6.20 Å². The summed E-state index contributed by atoms with van der Waals surface area (Å²) in [6.07, 6.45) is 1.41. The van der Waals surface area contributed by atoms with Crippen molar-refractivity contribution in [3.8, 4) is 12.1 Å². The molecule has 0 aliphatic heterocycles. The number of carbonyl (C=O) groups excluding carboxylic acids is 1. The molecule has 0 unspecified atom stereocenters. The summed E-state index contributed by atoms with van der Waals surface area (Å²) in [5.41, 5.74) is 0.356. The summed E-state index contributed by atoms with van der Waals surface area (Å²) in [5, 5.41) is 20.0. The van der Waals surface area contributed by atoms with E-state index in [0.717, 1.165) is 4.90 Å². The van der Waals surface area contributed by atoms with Crippen LogP contribution in [0, 0.1) is 22.7 Å². The van der Waals surface area contributed by atoms with Gasteiger partial charge >= 0.3 is 0 Å². The van der Waals surface area contributed by atoms with E-state index >= 15 is 0 Å². The van der Waals surface area contributed by atoms with E-state index in [4.69, 9.17) is 10.5 Å². The van der Waals surface area contributed by atoms with Crippen molar-refractivity contribution in [2.45, 2.75) is 0 Å². The van der Waals surface area contributed by atoms with E-state index in [2.05, 4.69) is 10.3 Å². The number of nitrogens with one attached hydrogen (secondary N) is 1. The molecule has 6 heteroatoms. The van der Waals surface area contributed by atoms with Crippen LogP contribution in [0.1, 0.15) is 10.4 Å². The minimum Gasteiger partial charge on any atom is -0.373 e. The van der Waals surface area contributed by atoms with Crippen LogP contribution in [-0.2, 0) is 0 Å². The zero-order valence-electron chi connectivity index (χ0n) is 9.34. The average Bonchev–Trinajstić information content (AvgIpc) is 2.38. The molecular formula is C11H11N5O. The van der Waals surface area contributed by atoms with Gasteiger partial charge in [-0.05, 0) is 12.1 Å². The summed E-state index contributed by atoms with van der Waals surface area (Å²) in [6.45, 7) is -0.222. The minimum atomic E-state index is -0.372. The van der Waals surface area contributed by atoms with Crippen molar-refractivity contribution in [3.63, 3.8) is 0 Å². The van der Waals surface area contributed by atoms with Gasteiger partial charge in [0.2, 0.25) is 0 Å². The second kappa shape index (κ2) is 6.09. The average molecular weight is 229 g/mol. The standard InChI is InChI=1S/C11H11N5O/c1-14-10-3-2-9(8-15-10)11(17)16(6-4-12)7-5-13/h2-3,8H,6-7H2,1H3,(H,14,15). The highest BCUT2D eigenvalue weighted by atomic mass is 16.2. The van der Waals surface area contributed by atoms with Crippen molar-refractivity contribution >= 4 is 11.7 Å². The Hall–Kier alpha value is -2.60. The highest BCUT2D eigenvalue weighted by molar-refractivity contribution is 5.94. The second-order valence-electron chi connectivity index (χ2n) is 3.16. The smallest absolute Gasteiger partial charge is 0.257 e. The van der Waals surface area contributed by atoms with Crippen molar-refractivity contribution in [1.29, 1.82) is 10.5 Å². The molecule has 0 aromatic carbocycles. The number of nitriles is 2. The first-order chi connectivity index (χ1) is 8.22. The zero-order valence-corrected chi connectivity index (χ0v) is 9.34. The number of hydrogen-bond acceptors (Lipinski definition) is 5.